The number of aromatic nitrogens is 3. The number of nitrogens with two attached hydrogens (primary N) is 1. The van der Waals surface area contributed by atoms with Gasteiger partial charge in [0.1, 0.15) is 5.82 Å². The van der Waals surface area contributed by atoms with Gasteiger partial charge >= 0.3 is 0 Å². The topological polar surface area (TPSA) is 56.7 Å². The van der Waals surface area contributed by atoms with Gasteiger partial charge in [-0.2, -0.15) is 0 Å². The molecule has 3 aromatic rings. The van der Waals surface area contributed by atoms with Crippen molar-refractivity contribution >= 4 is 5.82 Å². The maximum Gasteiger partial charge on any atom is 0.123 e. The minimum Gasteiger partial charge on any atom is -0.384 e. The largest absolute Gasteiger partial charge is 0.384 e. The summed E-state index contributed by atoms with van der Waals surface area (Å²) >= 11 is 0. The zero-order valence-electron chi connectivity index (χ0n) is 11.6. The Labute approximate surface area is 123 Å². The molecule has 0 amide bonds. The molecule has 1 aliphatic rings. The molecule has 21 heavy (non-hydrogen) atoms. The van der Waals surface area contributed by atoms with Crippen molar-refractivity contribution in [2.75, 3.05) is 5.73 Å². The van der Waals surface area contributed by atoms with Crippen LogP contribution < -0.4 is 5.73 Å². The Morgan fingerprint density at radius 1 is 1.05 bits per heavy atom. The van der Waals surface area contributed by atoms with E-state index in [2.05, 4.69) is 44.9 Å². The van der Waals surface area contributed by atoms with Crippen LogP contribution in [-0.2, 0) is 0 Å². The minimum atomic E-state index is 0.488. The Balaban J connectivity index is 1.64. The first-order valence-corrected chi connectivity index (χ1v) is 7.11. The van der Waals surface area contributed by atoms with Crippen LogP contribution in [0.5, 0.6) is 0 Å². The monoisotopic (exact) mass is 276 g/mol. The van der Waals surface area contributed by atoms with Crippen LogP contribution in [0.3, 0.4) is 0 Å². The summed E-state index contributed by atoms with van der Waals surface area (Å²) in [7, 11) is 0. The molecule has 1 fully saturated rings. The number of hydrogen-bond acceptors (Lipinski definition) is 3. The molecule has 0 bridgehead atoms. The minimum absolute atomic E-state index is 0.488. The molecule has 2 heterocycles. The first-order chi connectivity index (χ1) is 10.3. The lowest BCUT2D eigenvalue weighted by atomic mass is 10.1. The van der Waals surface area contributed by atoms with Crippen molar-refractivity contribution in [1.29, 1.82) is 0 Å². The molecule has 0 saturated heterocycles. The van der Waals surface area contributed by atoms with Crippen LogP contribution in [0.25, 0.3) is 11.3 Å². The van der Waals surface area contributed by atoms with E-state index in [0.29, 0.717) is 17.8 Å². The van der Waals surface area contributed by atoms with Crippen molar-refractivity contribution < 1.29 is 0 Å². The number of nitrogens with zero attached hydrogens (tertiary/aromatic N) is 3. The van der Waals surface area contributed by atoms with Gasteiger partial charge in [-0.05, 0) is 24.1 Å². The van der Waals surface area contributed by atoms with Gasteiger partial charge in [-0.1, -0.05) is 30.3 Å². The Morgan fingerprint density at radius 3 is 2.67 bits per heavy atom. The summed E-state index contributed by atoms with van der Waals surface area (Å²) in [5.74, 6) is 1.12. The van der Waals surface area contributed by atoms with Crippen LogP contribution >= 0.6 is 0 Å². The van der Waals surface area contributed by atoms with Gasteiger partial charge in [0.2, 0.25) is 0 Å². The van der Waals surface area contributed by atoms with Gasteiger partial charge in [0.15, 0.2) is 0 Å². The second-order valence-electron chi connectivity index (χ2n) is 5.48. The smallest absolute Gasteiger partial charge is 0.123 e. The predicted octanol–water partition coefficient (Wildman–Crippen LogP) is 3.26. The predicted molar refractivity (Wildman–Crippen MR) is 82.7 cm³/mol. The number of pyridine rings is 1. The number of benzene rings is 1. The van der Waals surface area contributed by atoms with Crippen LogP contribution in [0, 0.1) is 0 Å². The SMILES string of the molecule is Nc1ccc(-c2cncn2C2CC2c2ccccc2)cn1. The second kappa shape index (κ2) is 4.74. The molecule has 0 radical (unpaired) electrons. The van der Waals surface area contributed by atoms with E-state index in [4.69, 9.17) is 5.73 Å². The normalized spacial score (nSPS) is 20.4. The Morgan fingerprint density at radius 2 is 1.90 bits per heavy atom. The first-order valence-electron chi connectivity index (χ1n) is 7.11. The summed E-state index contributed by atoms with van der Waals surface area (Å²) in [6.07, 6.45) is 6.78. The zero-order chi connectivity index (χ0) is 14.2. The Bertz CT molecular complexity index is 746. The van der Waals surface area contributed by atoms with Crippen molar-refractivity contribution in [3.8, 4) is 11.3 Å². The summed E-state index contributed by atoms with van der Waals surface area (Å²) in [5, 5.41) is 0. The standard InChI is InChI=1S/C17H16N4/c18-17-7-6-13(9-20-17)16-10-19-11-21(16)15-8-14(15)12-4-2-1-3-5-12/h1-7,9-11,14-15H,8H2,(H2,18,20). The van der Waals surface area contributed by atoms with Gasteiger partial charge in [-0.25, -0.2) is 9.97 Å². The fourth-order valence-corrected chi connectivity index (χ4v) is 2.90. The van der Waals surface area contributed by atoms with Crippen LogP contribution in [0.2, 0.25) is 0 Å². The number of hydrogen-bond donors (Lipinski definition) is 1. The van der Waals surface area contributed by atoms with Crippen LogP contribution in [0.1, 0.15) is 23.9 Å². The van der Waals surface area contributed by atoms with E-state index in [9.17, 15) is 0 Å². The molecule has 2 atom stereocenters. The van der Waals surface area contributed by atoms with Crippen LogP contribution in [0.15, 0.2) is 61.2 Å². The van der Waals surface area contributed by atoms with E-state index in [1.165, 1.54) is 5.56 Å². The van der Waals surface area contributed by atoms with Crippen molar-refractivity contribution in [2.45, 2.75) is 18.4 Å². The highest BCUT2D eigenvalue weighted by molar-refractivity contribution is 5.59. The average Bonchev–Trinajstić information content (AvgIpc) is 3.18. The summed E-state index contributed by atoms with van der Waals surface area (Å²) in [5.41, 5.74) is 9.21. The quantitative estimate of drug-likeness (QED) is 0.799. The molecule has 1 aromatic carbocycles. The van der Waals surface area contributed by atoms with Gasteiger partial charge in [-0.3, -0.25) is 0 Å². The van der Waals surface area contributed by atoms with Crippen LogP contribution in [-0.4, -0.2) is 14.5 Å². The highest BCUT2D eigenvalue weighted by Crippen LogP contribution is 2.52. The molecule has 1 aliphatic carbocycles. The maximum atomic E-state index is 5.65. The molecule has 4 nitrogen and oxygen atoms in total. The summed E-state index contributed by atoms with van der Waals surface area (Å²) < 4.78 is 2.25. The molecule has 2 aromatic heterocycles. The lowest BCUT2D eigenvalue weighted by molar-refractivity contribution is 0.723. The fourth-order valence-electron chi connectivity index (χ4n) is 2.90. The van der Waals surface area contributed by atoms with E-state index in [-0.39, 0.29) is 0 Å². The fraction of sp³-hybridized carbons (Fsp3) is 0.176. The van der Waals surface area contributed by atoms with Crippen molar-refractivity contribution in [3.63, 3.8) is 0 Å². The molecule has 0 spiro atoms. The molecule has 4 rings (SSSR count). The molecule has 104 valence electrons. The molecular weight excluding hydrogens is 260 g/mol. The first kappa shape index (κ1) is 12.1. The van der Waals surface area contributed by atoms with Gasteiger partial charge in [0, 0.05) is 23.7 Å². The lowest BCUT2D eigenvalue weighted by Gasteiger charge is -2.08. The van der Waals surface area contributed by atoms with E-state index in [0.717, 1.165) is 17.7 Å². The van der Waals surface area contributed by atoms with Crippen LogP contribution in [0.4, 0.5) is 5.82 Å². The van der Waals surface area contributed by atoms with E-state index < -0.39 is 0 Å². The number of anilines is 1. The van der Waals surface area contributed by atoms with E-state index in [1.807, 2.05) is 30.9 Å². The van der Waals surface area contributed by atoms with Crippen molar-refractivity contribution in [3.05, 3.63) is 66.7 Å². The average molecular weight is 276 g/mol. The third-order valence-electron chi connectivity index (χ3n) is 4.09. The third kappa shape index (κ3) is 2.18. The number of imidazole rings is 1. The molecule has 2 unspecified atom stereocenters. The van der Waals surface area contributed by atoms with Gasteiger partial charge < -0.3 is 10.3 Å². The van der Waals surface area contributed by atoms with Gasteiger partial charge in [0.25, 0.3) is 0 Å². The molecule has 2 N–H and O–H groups in total. The lowest BCUT2D eigenvalue weighted by Crippen LogP contribution is -1.98. The number of nitrogen functional groups attached to an aromatic ring is 1. The van der Waals surface area contributed by atoms with E-state index >= 15 is 0 Å². The summed E-state index contributed by atoms with van der Waals surface area (Å²) in [4.78, 5) is 8.48. The summed E-state index contributed by atoms with van der Waals surface area (Å²) in [6.45, 7) is 0. The van der Waals surface area contributed by atoms with Gasteiger partial charge in [0.05, 0.1) is 18.2 Å². The second-order valence-corrected chi connectivity index (χ2v) is 5.48. The molecule has 4 heteroatoms. The van der Waals surface area contributed by atoms with E-state index in [1.54, 1.807) is 0 Å². The molecular formula is C17H16N4. The molecule has 1 saturated carbocycles. The third-order valence-corrected chi connectivity index (χ3v) is 4.09. The van der Waals surface area contributed by atoms with Crippen molar-refractivity contribution in [1.82, 2.24) is 14.5 Å². The van der Waals surface area contributed by atoms with Crippen molar-refractivity contribution in [2.24, 2.45) is 0 Å². The maximum absolute atomic E-state index is 5.65. The highest BCUT2D eigenvalue weighted by atomic mass is 15.1. The Kier molecular flexibility index (Phi) is 2.74. The molecule has 0 aliphatic heterocycles. The summed E-state index contributed by atoms with van der Waals surface area (Å²) in [6, 6.07) is 15.0. The highest BCUT2D eigenvalue weighted by Gasteiger charge is 2.40. The Hall–Kier alpha value is -2.62. The van der Waals surface area contributed by atoms with Gasteiger partial charge in [-0.15, -0.1) is 0 Å². The number of rotatable bonds is 3. The zero-order valence-corrected chi connectivity index (χ0v) is 11.6.